The third-order valence-corrected chi connectivity index (χ3v) is 3.49. The van der Waals surface area contributed by atoms with E-state index in [1.807, 2.05) is 18.2 Å². The van der Waals surface area contributed by atoms with Gasteiger partial charge in [0.1, 0.15) is 5.65 Å². The Hall–Kier alpha value is -1.72. The number of fused-ring (bicyclic) bond motifs is 1. The molecule has 0 radical (unpaired) electrons. The summed E-state index contributed by atoms with van der Waals surface area (Å²) in [6.07, 6.45) is 3.33. The van der Waals surface area contributed by atoms with Gasteiger partial charge in [-0.05, 0) is 31.5 Å². The molecule has 0 spiro atoms. The van der Waals surface area contributed by atoms with Crippen LogP contribution in [0, 0.1) is 0 Å². The van der Waals surface area contributed by atoms with E-state index in [1.54, 1.807) is 12.3 Å². The molecule has 0 aromatic carbocycles. The van der Waals surface area contributed by atoms with Crippen LogP contribution in [0.5, 0.6) is 0 Å². The van der Waals surface area contributed by atoms with Gasteiger partial charge in [-0.25, -0.2) is 4.98 Å². The molecule has 1 atom stereocenters. The zero-order valence-electron chi connectivity index (χ0n) is 10.7. The van der Waals surface area contributed by atoms with E-state index in [-0.39, 0.29) is 11.7 Å². The van der Waals surface area contributed by atoms with Crippen LogP contribution in [-0.4, -0.2) is 38.6 Å². The van der Waals surface area contributed by atoms with Crippen LogP contribution in [0.25, 0.3) is 5.65 Å². The van der Waals surface area contributed by atoms with E-state index >= 15 is 0 Å². The maximum Gasteiger partial charge on any atom is 0.258 e. The highest BCUT2D eigenvalue weighted by atomic mass is 16.3. The first-order chi connectivity index (χ1) is 9.22. The molecule has 0 saturated carbocycles. The van der Waals surface area contributed by atoms with Crippen LogP contribution in [0.15, 0.2) is 35.3 Å². The van der Waals surface area contributed by atoms with Gasteiger partial charge < -0.3 is 5.11 Å². The second-order valence-electron chi connectivity index (χ2n) is 5.05. The summed E-state index contributed by atoms with van der Waals surface area (Å²) >= 11 is 0. The highest BCUT2D eigenvalue weighted by Crippen LogP contribution is 2.12. The van der Waals surface area contributed by atoms with Crippen molar-refractivity contribution < 1.29 is 5.11 Å². The molecular formula is C14H17N3O2. The normalized spacial score (nSPS) is 20.8. The highest BCUT2D eigenvalue weighted by molar-refractivity contribution is 5.37. The highest BCUT2D eigenvalue weighted by Gasteiger charge is 2.18. The van der Waals surface area contributed by atoms with E-state index in [1.165, 1.54) is 4.40 Å². The van der Waals surface area contributed by atoms with Gasteiger partial charge in [-0.15, -0.1) is 0 Å². The minimum atomic E-state index is -0.254. The van der Waals surface area contributed by atoms with E-state index in [0.717, 1.165) is 25.1 Å². The molecule has 19 heavy (non-hydrogen) atoms. The summed E-state index contributed by atoms with van der Waals surface area (Å²) in [5, 5.41) is 9.66. The van der Waals surface area contributed by atoms with Gasteiger partial charge in [-0.3, -0.25) is 14.1 Å². The number of β-amino-alcohol motifs (C(OH)–C–C–N with tert-alkyl or cyclic N) is 1. The smallest absolute Gasteiger partial charge is 0.258 e. The van der Waals surface area contributed by atoms with Gasteiger partial charge in [-0.2, -0.15) is 0 Å². The fourth-order valence-corrected chi connectivity index (χ4v) is 2.59. The Labute approximate surface area is 111 Å². The van der Waals surface area contributed by atoms with Gasteiger partial charge in [0.05, 0.1) is 11.8 Å². The second kappa shape index (κ2) is 5.11. The van der Waals surface area contributed by atoms with Crippen molar-refractivity contribution in [3.05, 3.63) is 46.5 Å². The zero-order chi connectivity index (χ0) is 13.2. The van der Waals surface area contributed by atoms with Crippen molar-refractivity contribution in [1.82, 2.24) is 14.3 Å². The van der Waals surface area contributed by atoms with Crippen molar-refractivity contribution in [2.75, 3.05) is 13.1 Å². The van der Waals surface area contributed by atoms with Crippen molar-refractivity contribution in [2.45, 2.75) is 25.5 Å². The van der Waals surface area contributed by atoms with Crippen LogP contribution in [0.1, 0.15) is 18.5 Å². The fourth-order valence-electron chi connectivity index (χ4n) is 2.59. The summed E-state index contributed by atoms with van der Waals surface area (Å²) in [7, 11) is 0. The number of aliphatic hydroxyl groups excluding tert-OH is 1. The number of pyridine rings is 1. The molecule has 2 aromatic rings. The first-order valence-corrected chi connectivity index (χ1v) is 6.60. The van der Waals surface area contributed by atoms with Crippen molar-refractivity contribution in [1.29, 1.82) is 0 Å². The first-order valence-electron chi connectivity index (χ1n) is 6.60. The lowest BCUT2D eigenvalue weighted by molar-refractivity contribution is 0.0662. The molecule has 1 aliphatic rings. The summed E-state index contributed by atoms with van der Waals surface area (Å²) in [5.74, 6) is 0. The molecule has 0 aliphatic carbocycles. The number of hydrogen-bond acceptors (Lipinski definition) is 4. The van der Waals surface area contributed by atoms with Crippen LogP contribution in [0.3, 0.4) is 0 Å². The van der Waals surface area contributed by atoms with Crippen LogP contribution >= 0.6 is 0 Å². The van der Waals surface area contributed by atoms with E-state index in [0.29, 0.717) is 18.7 Å². The van der Waals surface area contributed by atoms with Gasteiger partial charge in [0.25, 0.3) is 5.56 Å². The van der Waals surface area contributed by atoms with Crippen molar-refractivity contribution in [3.63, 3.8) is 0 Å². The Bertz CT molecular complexity index is 638. The maximum atomic E-state index is 12.0. The van der Waals surface area contributed by atoms with Crippen LogP contribution < -0.4 is 5.56 Å². The molecule has 0 bridgehead atoms. The molecule has 1 N–H and O–H groups in total. The van der Waals surface area contributed by atoms with Crippen molar-refractivity contribution in [2.24, 2.45) is 0 Å². The molecular weight excluding hydrogens is 242 g/mol. The molecule has 100 valence electrons. The van der Waals surface area contributed by atoms with E-state index in [4.69, 9.17) is 0 Å². The molecule has 5 nitrogen and oxygen atoms in total. The minimum absolute atomic E-state index is 0.0573. The number of aromatic nitrogens is 2. The zero-order valence-corrected chi connectivity index (χ0v) is 10.7. The van der Waals surface area contributed by atoms with Gasteiger partial charge in [0, 0.05) is 25.4 Å². The monoisotopic (exact) mass is 259 g/mol. The van der Waals surface area contributed by atoms with Crippen LogP contribution in [-0.2, 0) is 6.54 Å². The lowest BCUT2D eigenvalue weighted by Crippen LogP contribution is -2.38. The number of likely N-dealkylation sites (tertiary alicyclic amines) is 1. The quantitative estimate of drug-likeness (QED) is 0.860. The lowest BCUT2D eigenvalue weighted by Gasteiger charge is -2.29. The first kappa shape index (κ1) is 12.3. The standard InChI is InChI=1S/C14H17N3O2/c18-12-4-3-6-16(10-12)9-11-8-14(19)17-7-2-1-5-13(17)15-11/h1-2,5,7-8,12,18H,3-4,6,9-10H2/t12-/m0/s1. The molecule has 1 aliphatic heterocycles. The van der Waals surface area contributed by atoms with Crippen molar-refractivity contribution in [3.8, 4) is 0 Å². The Balaban J connectivity index is 1.87. The summed E-state index contributed by atoms with van der Waals surface area (Å²) < 4.78 is 1.54. The average Bonchev–Trinajstić information content (AvgIpc) is 2.39. The summed E-state index contributed by atoms with van der Waals surface area (Å²) in [4.78, 5) is 18.6. The Morgan fingerprint density at radius 2 is 2.32 bits per heavy atom. The molecule has 3 rings (SSSR count). The van der Waals surface area contributed by atoms with E-state index in [9.17, 15) is 9.90 Å². The number of aliphatic hydroxyl groups is 1. The molecule has 1 saturated heterocycles. The largest absolute Gasteiger partial charge is 0.392 e. The second-order valence-corrected chi connectivity index (χ2v) is 5.05. The third kappa shape index (κ3) is 2.67. The number of hydrogen-bond donors (Lipinski definition) is 1. The van der Waals surface area contributed by atoms with Gasteiger partial charge in [-0.1, -0.05) is 6.07 Å². The van der Waals surface area contributed by atoms with E-state index < -0.39 is 0 Å². The number of piperidine rings is 1. The maximum absolute atomic E-state index is 12.0. The lowest BCUT2D eigenvalue weighted by atomic mass is 10.1. The topological polar surface area (TPSA) is 57.8 Å². The summed E-state index contributed by atoms with van der Waals surface area (Å²) in [6.45, 7) is 2.24. The predicted molar refractivity (Wildman–Crippen MR) is 72.0 cm³/mol. The van der Waals surface area contributed by atoms with E-state index in [2.05, 4.69) is 9.88 Å². The third-order valence-electron chi connectivity index (χ3n) is 3.49. The summed E-state index contributed by atoms with van der Waals surface area (Å²) in [6, 6.07) is 7.09. The van der Waals surface area contributed by atoms with Gasteiger partial charge in [0.15, 0.2) is 0 Å². The molecule has 0 amide bonds. The fraction of sp³-hybridized carbons (Fsp3) is 0.429. The van der Waals surface area contributed by atoms with Gasteiger partial charge in [0.2, 0.25) is 0 Å². The average molecular weight is 259 g/mol. The number of nitrogens with zero attached hydrogens (tertiary/aromatic N) is 3. The molecule has 3 heterocycles. The number of rotatable bonds is 2. The Kier molecular flexibility index (Phi) is 3.31. The predicted octanol–water partition coefficient (Wildman–Crippen LogP) is 0.651. The minimum Gasteiger partial charge on any atom is -0.392 e. The molecule has 5 heteroatoms. The Morgan fingerprint density at radius 1 is 1.42 bits per heavy atom. The molecule has 2 aromatic heterocycles. The van der Waals surface area contributed by atoms with Crippen LogP contribution in [0.4, 0.5) is 0 Å². The van der Waals surface area contributed by atoms with Gasteiger partial charge >= 0.3 is 0 Å². The van der Waals surface area contributed by atoms with Crippen molar-refractivity contribution >= 4 is 5.65 Å². The molecule has 0 unspecified atom stereocenters. The Morgan fingerprint density at radius 3 is 3.16 bits per heavy atom. The summed E-state index contributed by atoms with van der Waals surface area (Å²) in [5.41, 5.74) is 1.38. The molecule has 1 fully saturated rings. The van der Waals surface area contributed by atoms with Crippen LogP contribution in [0.2, 0.25) is 0 Å². The SMILES string of the molecule is O=c1cc(CN2CCC[C@H](O)C2)nc2ccccn12.